The molecule has 0 bridgehead atoms. The second-order valence-electron chi connectivity index (χ2n) is 6.18. The van der Waals surface area contributed by atoms with Gasteiger partial charge < -0.3 is 14.4 Å². The van der Waals surface area contributed by atoms with E-state index in [0.29, 0.717) is 12.5 Å². The highest BCUT2D eigenvalue weighted by molar-refractivity contribution is 7.09. The summed E-state index contributed by atoms with van der Waals surface area (Å²) in [6, 6.07) is 7.89. The van der Waals surface area contributed by atoms with Gasteiger partial charge in [0.1, 0.15) is 11.9 Å². The maximum absolute atomic E-state index is 6.11. The van der Waals surface area contributed by atoms with Gasteiger partial charge in [-0.05, 0) is 30.5 Å². The summed E-state index contributed by atoms with van der Waals surface area (Å²) in [6.07, 6.45) is 2.06. The molecule has 0 N–H and O–H groups in total. The van der Waals surface area contributed by atoms with E-state index in [4.69, 9.17) is 26.1 Å². The molecule has 0 saturated carbocycles. The summed E-state index contributed by atoms with van der Waals surface area (Å²) in [7, 11) is 0. The zero-order valence-electron chi connectivity index (χ0n) is 13.4. The topological polar surface area (TPSA) is 47.5 Å². The van der Waals surface area contributed by atoms with Gasteiger partial charge in [-0.1, -0.05) is 23.7 Å². The van der Waals surface area contributed by atoms with Gasteiger partial charge in [0, 0.05) is 42.2 Å². The van der Waals surface area contributed by atoms with Crippen LogP contribution in [-0.4, -0.2) is 42.3 Å². The molecule has 0 spiro atoms. The molecule has 2 saturated heterocycles. The molecule has 1 atom stereocenters. The third kappa shape index (κ3) is 3.57. The number of halogens is 1. The summed E-state index contributed by atoms with van der Waals surface area (Å²) < 4.78 is 16.0. The number of benzene rings is 1. The molecule has 5 nitrogen and oxygen atoms in total. The quantitative estimate of drug-likeness (QED) is 0.830. The molecule has 7 heteroatoms. The maximum Gasteiger partial charge on any atom is 0.205 e. The fraction of sp³-hybridized carbons (Fsp3) is 0.529. The van der Waals surface area contributed by atoms with Crippen molar-refractivity contribution in [3.63, 3.8) is 0 Å². The van der Waals surface area contributed by atoms with Crippen LogP contribution in [0.5, 0.6) is 0 Å². The largest absolute Gasteiger partial charge is 0.381 e. The van der Waals surface area contributed by atoms with Gasteiger partial charge >= 0.3 is 0 Å². The number of aromatic nitrogens is 2. The molecule has 1 aromatic carbocycles. The number of rotatable bonds is 3. The first-order valence-corrected chi connectivity index (χ1v) is 9.48. The van der Waals surface area contributed by atoms with Crippen LogP contribution < -0.4 is 4.90 Å². The minimum absolute atomic E-state index is 0.0212. The van der Waals surface area contributed by atoms with E-state index in [-0.39, 0.29) is 6.10 Å². The first-order valence-electron chi connectivity index (χ1n) is 8.33. The van der Waals surface area contributed by atoms with E-state index < -0.39 is 0 Å². The second-order valence-corrected chi connectivity index (χ2v) is 7.35. The van der Waals surface area contributed by atoms with Crippen LogP contribution in [0, 0.1) is 0 Å². The summed E-state index contributed by atoms with van der Waals surface area (Å²) in [6.45, 7) is 3.94. The molecule has 24 heavy (non-hydrogen) atoms. The predicted molar refractivity (Wildman–Crippen MR) is 95.1 cm³/mol. The summed E-state index contributed by atoms with van der Waals surface area (Å²) in [5.74, 6) is 1.41. The molecule has 0 aliphatic carbocycles. The van der Waals surface area contributed by atoms with Crippen LogP contribution in [-0.2, 0) is 9.47 Å². The van der Waals surface area contributed by atoms with E-state index in [1.54, 1.807) is 0 Å². The van der Waals surface area contributed by atoms with Crippen molar-refractivity contribution in [1.82, 2.24) is 9.36 Å². The fourth-order valence-corrected chi connectivity index (χ4v) is 4.19. The van der Waals surface area contributed by atoms with Crippen LogP contribution in [0.3, 0.4) is 0 Å². The zero-order chi connectivity index (χ0) is 16.4. The van der Waals surface area contributed by atoms with E-state index in [2.05, 4.69) is 15.3 Å². The number of hydrogen-bond donors (Lipinski definition) is 0. The summed E-state index contributed by atoms with van der Waals surface area (Å²) >= 11 is 7.60. The van der Waals surface area contributed by atoms with Crippen LogP contribution in [0.1, 0.15) is 36.3 Å². The molecular weight excluding hydrogens is 346 g/mol. The lowest BCUT2D eigenvalue weighted by Gasteiger charge is -2.32. The molecule has 2 aromatic rings. The third-order valence-electron chi connectivity index (χ3n) is 4.57. The Morgan fingerprint density at radius 2 is 2.08 bits per heavy atom. The first kappa shape index (κ1) is 16.3. The Balaban J connectivity index is 1.47. The highest BCUT2D eigenvalue weighted by atomic mass is 35.5. The van der Waals surface area contributed by atoms with Crippen molar-refractivity contribution in [2.75, 3.05) is 37.8 Å². The van der Waals surface area contributed by atoms with E-state index in [1.165, 1.54) is 11.5 Å². The SMILES string of the molecule is Clc1cccc(C2CN(c3nc(C4CCOCC4)ns3)CCO2)c1. The Morgan fingerprint density at radius 1 is 1.21 bits per heavy atom. The molecule has 2 aliphatic rings. The molecule has 1 unspecified atom stereocenters. The Bertz CT molecular complexity index is 690. The van der Waals surface area contributed by atoms with Gasteiger partial charge in [-0.2, -0.15) is 4.37 Å². The third-order valence-corrected chi connectivity index (χ3v) is 5.60. The van der Waals surface area contributed by atoms with Crippen molar-refractivity contribution in [2.24, 2.45) is 0 Å². The van der Waals surface area contributed by atoms with Crippen molar-refractivity contribution < 1.29 is 9.47 Å². The first-order chi connectivity index (χ1) is 11.8. The fourth-order valence-electron chi connectivity index (χ4n) is 3.21. The lowest BCUT2D eigenvalue weighted by molar-refractivity contribution is 0.0397. The maximum atomic E-state index is 6.11. The minimum atomic E-state index is 0.0212. The normalized spacial score (nSPS) is 22.7. The van der Waals surface area contributed by atoms with Crippen LogP contribution in [0.25, 0.3) is 0 Å². The molecule has 2 fully saturated rings. The zero-order valence-corrected chi connectivity index (χ0v) is 14.9. The monoisotopic (exact) mass is 365 g/mol. The van der Waals surface area contributed by atoms with E-state index in [9.17, 15) is 0 Å². The van der Waals surface area contributed by atoms with Crippen molar-refractivity contribution >= 4 is 28.3 Å². The van der Waals surface area contributed by atoms with E-state index in [1.807, 2.05) is 18.2 Å². The number of hydrogen-bond acceptors (Lipinski definition) is 6. The van der Waals surface area contributed by atoms with Crippen molar-refractivity contribution in [2.45, 2.75) is 24.9 Å². The average molecular weight is 366 g/mol. The summed E-state index contributed by atoms with van der Waals surface area (Å²) in [5.41, 5.74) is 1.11. The average Bonchev–Trinajstić information content (AvgIpc) is 3.13. The van der Waals surface area contributed by atoms with Crippen LogP contribution >= 0.6 is 23.1 Å². The number of nitrogens with zero attached hydrogens (tertiary/aromatic N) is 3. The standard InChI is InChI=1S/C17H20ClN3O2S/c18-14-3-1-2-13(10-14)15-11-21(6-9-23-15)17-19-16(20-24-17)12-4-7-22-8-5-12/h1-3,10,12,15H,4-9,11H2. The lowest BCUT2D eigenvalue weighted by atomic mass is 10.00. The van der Waals surface area contributed by atoms with Crippen LogP contribution in [0.15, 0.2) is 24.3 Å². The Kier molecular flexibility index (Phi) is 4.98. The van der Waals surface area contributed by atoms with E-state index >= 15 is 0 Å². The number of anilines is 1. The van der Waals surface area contributed by atoms with Crippen LogP contribution in [0.2, 0.25) is 5.02 Å². The van der Waals surface area contributed by atoms with Gasteiger partial charge in [-0.25, -0.2) is 4.98 Å². The Labute approximate surface area is 150 Å². The molecule has 0 radical (unpaired) electrons. The molecular formula is C17H20ClN3O2S. The van der Waals surface area contributed by atoms with Gasteiger partial charge in [0.25, 0.3) is 0 Å². The smallest absolute Gasteiger partial charge is 0.205 e. The highest BCUT2D eigenvalue weighted by Crippen LogP contribution is 2.31. The Hall–Kier alpha value is -1.21. The predicted octanol–water partition coefficient (Wildman–Crippen LogP) is 3.66. The van der Waals surface area contributed by atoms with E-state index in [0.717, 1.165) is 60.7 Å². The molecule has 2 aliphatic heterocycles. The van der Waals surface area contributed by atoms with Crippen LogP contribution in [0.4, 0.5) is 5.13 Å². The molecule has 128 valence electrons. The minimum Gasteiger partial charge on any atom is -0.381 e. The molecule has 0 amide bonds. The van der Waals surface area contributed by atoms with Gasteiger partial charge in [-0.3, -0.25) is 0 Å². The molecule has 3 heterocycles. The van der Waals surface area contributed by atoms with Crippen molar-refractivity contribution in [1.29, 1.82) is 0 Å². The number of ether oxygens (including phenoxy) is 2. The highest BCUT2D eigenvalue weighted by Gasteiger charge is 2.26. The lowest BCUT2D eigenvalue weighted by Crippen LogP contribution is -2.38. The molecule has 1 aromatic heterocycles. The summed E-state index contributed by atoms with van der Waals surface area (Å²) in [5, 5.41) is 1.73. The van der Waals surface area contributed by atoms with Gasteiger partial charge in [0.05, 0.1) is 13.2 Å². The Morgan fingerprint density at radius 3 is 2.92 bits per heavy atom. The molecule has 4 rings (SSSR count). The number of morpholine rings is 1. The van der Waals surface area contributed by atoms with Gasteiger partial charge in [0.2, 0.25) is 5.13 Å². The second kappa shape index (κ2) is 7.35. The van der Waals surface area contributed by atoms with Gasteiger partial charge in [0.15, 0.2) is 0 Å². The van der Waals surface area contributed by atoms with Crippen molar-refractivity contribution in [3.05, 3.63) is 40.7 Å². The van der Waals surface area contributed by atoms with Gasteiger partial charge in [-0.15, -0.1) is 0 Å². The summed E-state index contributed by atoms with van der Waals surface area (Å²) in [4.78, 5) is 7.07. The van der Waals surface area contributed by atoms with Crippen molar-refractivity contribution in [3.8, 4) is 0 Å².